The third-order valence-corrected chi connectivity index (χ3v) is 4.44. The SMILES string of the molecule is O=c1c(Br)c(OCc2ccc(F)cc2F)ccn1Cc1cccc(F)c1. The molecule has 0 atom stereocenters. The Kier molecular flexibility index (Phi) is 5.46. The smallest absolute Gasteiger partial charge is 0.268 e. The minimum atomic E-state index is -0.722. The Morgan fingerprint density at radius 3 is 2.50 bits per heavy atom. The summed E-state index contributed by atoms with van der Waals surface area (Å²) in [6, 6.07) is 10.7. The molecular weight excluding hydrogens is 411 g/mol. The molecule has 0 spiro atoms. The molecule has 0 aliphatic carbocycles. The zero-order valence-electron chi connectivity index (χ0n) is 13.4. The molecule has 0 aliphatic rings. The Morgan fingerprint density at radius 2 is 1.77 bits per heavy atom. The van der Waals surface area contributed by atoms with Crippen molar-refractivity contribution < 1.29 is 17.9 Å². The second kappa shape index (κ2) is 7.78. The number of benzene rings is 2. The molecule has 0 bridgehead atoms. The molecule has 0 radical (unpaired) electrons. The zero-order chi connectivity index (χ0) is 18.7. The largest absolute Gasteiger partial charge is 0.487 e. The number of nitrogens with zero attached hydrogens (tertiary/aromatic N) is 1. The van der Waals surface area contributed by atoms with E-state index in [2.05, 4.69) is 15.9 Å². The molecule has 134 valence electrons. The molecule has 0 fully saturated rings. The average molecular weight is 424 g/mol. The van der Waals surface area contributed by atoms with E-state index < -0.39 is 11.6 Å². The molecule has 3 nitrogen and oxygen atoms in total. The van der Waals surface area contributed by atoms with E-state index >= 15 is 0 Å². The minimum Gasteiger partial charge on any atom is -0.487 e. The molecule has 1 aromatic heterocycles. The number of aromatic nitrogens is 1. The lowest BCUT2D eigenvalue weighted by atomic mass is 10.2. The van der Waals surface area contributed by atoms with Crippen LogP contribution in [0.1, 0.15) is 11.1 Å². The fourth-order valence-corrected chi connectivity index (χ4v) is 2.87. The van der Waals surface area contributed by atoms with Gasteiger partial charge in [0, 0.05) is 17.8 Å². The molecule has 0 unspecified atom stereocenters. The first kappa shape index (κ1) is 18.3. The van der Waals surface area contributed by atoms with Crippen molar-refractivity contribution in [1.82, 2.24) is 4.57 Å². The van der Waals surface area contributed by atoms with Crippen molar-refractivity contribution in [2.24, 2.45) is 0 Å². The van der Waals surface area contributed by atoms with Crippen LogP contribution in [0.4, 0.5) is 13.2 Å². The quantitative estimate of drug-likeness (QED) is 0.597. The number of rotatable bonds is 5. The molecule has 0 amide bonds. The second-order valence-electron chi connectivity index (χ2n) is 5.58. The highest BCUT2D eigenvalue weighted by Gasteiger charge is 2.11. The first-order valence-corrected chi connectivity index (χ1v) is 8.43. The van der Waals surface area contributed by atoms with Crippen LogP contribution in [0.15, 0.2) is 64.0 Å². The summed E-state index contributed by atoms with van der Waals surface area (Å²) in [5.74, 6) is -1.54. The lowest BCUT2D eigenvalue weighted by Crippen LogP contribution is -2.21. The van der Waals surface area contributed by atoms with Crippen LogP contribution in [0.3, 0.4) is 0 Å². The van der Waals surface area contributed by atoms with E-state index in [0.717, 1.165) is 12.1 Å². The van der Waals surface area contributed by atoms with Gasteiger partial charge in [-0.05, 0) is 51.8 Å². The van der Waals surface area contributed by atoms with E-state index in [1.807, 2.05) is 0 Å². The predicted molar refractivity (Wildman–Crippen MR) is 94.6 cm³/mol. The molecule has 0 saturated carbocycles. The highest BCUT2D eigenvalue weighted by Crippen LogP contribution is 2.22. The van der Waals surface area contributed by atoms with Gasteiger partial charge in [0.25, 0.3) is 5.56 Å². The number of halogens is 4. The van der Waals surface area contributed by atoms with Crippen molar-refractivity contribution in [1.29, 1.82) is 0 Å². The molecule has 0 N–H and O–H groups in total. The summed E-state index contributed by atoms with van der Waals surface area (Å²) >= 11 is 3.18. The van der Waals surface area contributed by atoms with Gasteiger partial charge in [0.2, 0.25) is 0 Å². The van der Waals surface area contributed by atoms with Crippen LogP contribution < -0.4 is 10.3 Å². The van der Waals surface area contributed by atoms with Gasteiger partial charge < -0.3 is 9.30 Å². The number of pyridine rings is 1. The van der Waals surface area contributed by atoms with Gasteiger partial charge in [-0.3, -0.25) is 4.79 Å². The Bertz CT molecular complexity index is 1000. The fraction of sp³-hybridized carbons (Fsp3) is 0.105. The van der Waals surface area contributed by atoms with Crippen LogP contribution in [0.5, 0.6) is 5.75 Å². The molecule has 0 aliphatic heterocycles. The topological polar surface area (TPSA) is 31.2 Å². The van der Waals surface area contributed by atoms with E-state index in [4.69, 9.17) is 4.74 Å². The minimum absolute atomic E-state index is 0.155. The molecule has 1 heterocycles. The van der Waals surface area contributed by atoms with E-state index in [9.17, 15) is 18.0 Å². The third kappa shape index (κ3) is 4.16. The molecule has 7 heteroatoms. The van der Waals surface area contributed by atoms with Gasteiger partial charge in [-0.2, -0.15) is 0 Å². The predicted octanol–water partition coefficient (Wildman–Crippen LogP) is 4.66. The maximum Gasteiger partial charge on any atom is 0.268 e. The summed E-state index contributed by atoms with van der Waals surface area (Å²) in [7, 11) is 0. The third-order valence-electron chi connectivity index (χ3n) is 3.71. The summed E-state index contributed by atoms with van der Waals surface area (Å²) < 4.78 is 46.9. The van der Waals surface area contributed by atoms with Gasteiger partial charge >= 0.3 is 0 Å². The lowest BCUT2D eigenvalue weighted by Gasteiger charge is -2.12. The van der Waals surface area contributed by atoms with Crippen LogP contribution in [0.25, 0.3) is 0 Å². The van der Waals surface area contributed by atoms with E-state index in [1.54, 1.807) is 18.2 Å². The van der Waals surface area contributed by atoms with E-state index in [-0.39, 0.29) is 40.3 Å². The average Bonchev–Trinajstić information content (AvgIpc) is 2.60. The van der Waals surface area contributed by atoms with Gasteiger partial charge in [0.1, 0.15) is 34.3 Å². The monoisotopic (exact) mass is 423 g/mol. The van der Waals surface area contributed by atoms with Crippen molar-refractivity contribution in [2.45, 2.75) is 13.2 Å². The van der Waals surface area contributed by atoms with Crippen LogP contribution in [-0.4, -0.2) is 4.57 Å². The van der Waals surface area contributed by atoms with Crippen LogP contribution >= 0.6 is 15.9 Å². The number of ether oxygens (including phenoxy) is 1. The summed E-state index contributed by atoms with van der Waals surface area (Å²) in [5, 5.41) is 0. The first-order chi connectivity index (χ1) is 12.4. The van der Waals surface area contributed by atoms with E-state index in [0.29, 0.717) is 5.56 Å². The Morgan fingerprint density at radius 1 is 1.00 bits per heavy atom. The van der Waals surface area contributed by atoms with Gasteiger partial charge in [-0.1, -0.05) is 12.1 Å². The lowest BCUT2D eigenvalue weighted by molar-refractivity contribution is 0.296. The molecule has 2 aromatic carbocycles. The van der Waals surface area contributed by atoms with Crippen molar-refractivity contribution in [3.8, 4) is 5.75 Å². The zero-order valence-corrected chi connectivity index (χ0v) is 15.0. The number of hydrogen-bond acceptors (Lipinski definition) is 2. The van der Waals surface area contributed by atoms with Crippen LogP contribution in [0, 0.1) is 17.5 Å². The van der Waals surface area contributed by atoms with Crippen molar-refractivity contribution in [2.75, 3.05) is 0 Å². The van der Waals surface area contributed by atoms with Gasteiger partial charge in [-0.15, -0.1) is 0 Å². The Labute approximate surface area is 155 Å². The highest BCUT2D eigenvalue weighted by atomic mass is 79.9. The molecule has 3 rings (SSSR count). The highest BCUT2D eigenvalue weighted by molar-refractivity contribution is 9.10. The van der Waals surface area contributed by atoms with Gasteiger partial charge in [0.15, 0.2) is 0 Å². The molecule has 3 aromatic rings. The molecular formula is C19H13BrF3NO2. The Hall–Kier alpha value is -2.54. The fourth-order valence-electron chi connectivity index (χ4n) is 2.39. The number of hydrogen-bond donors (Lipinski definition) is 0. The second-order valence-corrected chi connectivity index (χ2v) is 6.37. The summed E-state index contributed by atoms with van der Waals surface area (Å²) in [5.41, 5.74) is 0.439. The molecule has 26 heavy (non-hydrogen) atoms. The van der Waals surface area contributed by atoms with Crippen molar-refractivity contribution in [3.63, 3.8) is 0 Å². The van der Waals surface area contributed by atoms with Gasteiger partial charge in [-0.25, -0.2) is 13.2 Å². The van der Waals surface area contributed by atoms with Crippen molar-refractivity contribution in [3.05, 3.63) is 98.1 Å². The first-order valence-electron chi connectivity index (χ1n) is 7.64. The summed E-state index contributed by atoms with van der Waals surface area (Å²) in [6.07, 6.45) is 1.51. The summed E-state index contributed by atoms with van der Waals surface area (Å²) in [6.45, 7) is 0.0418. The van der Waals surface area contributed by atoms with E-state index in [1.165, 1.54) is 29.0 Å². The molecule has 0 saturated heterocycles. The Balaban J connectivity index is 1.78. The van der Waals surface area contributed by atoms with Crippen molar-refractivity contribution >= 4 is 15.9 Å². The normalized spacial score (nSPS) is 10.8. The van der Waals surface area contributed by atoms with Crippen LogP contribution in [-0.2, 0) is 13.2 Å². The van der Waals surface area contributed by atoms with Crippen LogP contribution in [0.2, 0.25) is 0 Å². The maximum atomic E-state index is 13.6. The van der Waals surface area contributed by atoms with Gasteiger partial charge in [0.05, 0.1) is 6.54 Å². The maximum absolute atomic E-state index is 13.6. The standard InChI is InChI=1S/C19H13BrF3NO2/c20-18-17(26-11-13-4-5-15(22)9-16(13)23)6-7-24(19(18)25)10-12-2-1-3-14(21)8-12/h1-9H,10-11H2. The summed E-state index contributed by atoms with van der Waals surface area (Å²) in [4.78, 5) is 12.4.